The highest BCUT2D eigenvalue weighted by atomic mass is 32.2. The van der Waals surface area contributed by atoms with Crippen LogP contribution in [0.1, 0.15) is 48.5 Å². The summed E-state index contributed by atoms with van der Waals surface area (Å²) in [5.41, 5.74) is 2.68. The minimum absolute atomic E-state index is 0.491. The van der Waals surface area contributed by atoms with E-state index in [0.29, 0.717) is 5.25 Å². The fourth-order valence-electron chi connectivity index (χ4n) is 4.03. The number of nitrogens with zero attached hydrogens (tertiary/aromatic N) is 1. The zero-order valence-electron chi connectivity index (χ0n) is 15.5. The quantitative estimate of drug-likeness (QED) is 0.575. The summed E-state index contributed by atoms with van der Waals surface area (Å²) >= 11 is 2.11. The van der Waals surface area contributed by atoms with Crippen LogP contribution in [0.15, 0.2) is 48.5 Å². The molecule has 1 unspecified atom stereocenters. The summed E-state index contributed by atoms with van der Waals surface area (Å²) < 4.78 is 6.22. The van der Waals surface area contributed by atoms with Crippen molar-refractivity contribution in [1.82, 2.24) is 4.90 Å². The lowest BCUT2D eigenvalue weighted by molar-refractivity contribution is 0.226. The smallest absolute Gasteiger partial charge is 0.131 e. The molecule has 2 aromatic carbocycles. The molecular weight excluding hydrogens is 338 g/mol. The van der Waals surface area contributed by atoms with Crippen LogP contribution in [-0.2, 0) is 6.42 Å². The van der Waals surface area contributed by atoms with E-state index in [1.165, 1.54) is 68.6 Å². The monoisotopic (exact) mass is 367 g/mol. The number of piperidine rings is 1. The summed E-state index contributed by atoms with van der Waals surface area (Å²) in [7, 11) is 0. The van der Waals surface area contributed by atoms with Gasteiger partial charge in [0.05, 0.1) is 0 Å². The van der Waals surface area contributed by atoms with E-state index >= 15 is 0 Å². The lowest BCUT2D eigenvalue weighted by atomic mass is 10.0. The number of hydrogen-bond acceptors (Lipinski definition) is 3. The highest BCUT2D eigenvalue weighted by Gasteiger charge is 2.23. The standard InChI is InChI=1S/C23H29NOS/c1-6-14-24(15-7-1)16-8-9-17-26-23-18-19-10-2-4-12-21(19)25-22-13-5-3-11-20(22)23/h2-5,10-13,23H,1,6-9,14-18H2. The summed E-state index contributed by atoms with van der Waals surface area (Å²) in [4.78, 5) is 2.65. The lowest BCUT2D eigenvalue weighted by Gasteiger charge is -2.26. The Bertz CT molecular complexity index is 711. The molecule has 0 saturated carbocycles. The number of hydrogen-bond donors (Lipinski definition) is 0. The van der Waals surface area contributed by atoms with Crippen molar-refractivity contribution in [2.24, 2.45) is 0 Å². The van der Waals surface area contributed by atoms with Crippen molar-refractivity contribution in [3.05, 3.63) is 59.7 Å². The fraction of sp³-hybridized carbons (Fsp3) is 0.478. The normalized spacial score (nSPS) is 19.9. The van der Waals surface area contributed by atoms with Gasteiger partial charge in [0.2, 0.25) is 0 Å². The Hall–Kier alpha value is -1.45. The van der Waals surface area contributed by atoms with Gasteiger partial charge in [0, 0.05) is 10.8 Å². The van der Waals surface area contributed by atoms with E-state index in [-0.39, 0.29) is 0 Å². The number of benzene rings is 2. The molecule has 2 heterocycles. The molecule has 2 nitrogen and oxygen atoms in total. The molecular formula is C23H29NOS. The Morgan fingerprint density at radius 3 is 2.54 bits per heavy atom. The van der Waals surface area contributed by atoms with Gasteiger partial charge in [-0.1, -0.05) is 42.8 Å². The first-order valence-corrected chi connectivity index (χ1v) is 11.1. The van der Waals surface area contributed by atoms with E-state index < -0.39 is 0 Å². The maximum Gasteiger partial charge on any atom is 0.131 e. The molecule has 4 rings (SSSR count). The summed E-state index contributed by atoms with van der Waals surface area (Å²) in [5, 5.41) is 0.491. The summed E-state index contributed by atoms with van der Waals surface area (Å²) in [6, 6.07) is 17.1. The number of fused-ring (bicyclic) bond motifs is 2. The molecule has 0 bridgehead atoms. The number of rotatable bonds is 6. The van der Waals surface area contributed by atoms with Crippen LogP contribution in [0.5, 0.6) is 11.5 Å². The van der Waals surface area contributed by atoms with E-state index in [9.17, 15) is 0 Å². The van der Waals surface area contributed by atoms with Crippen LogP contribution in [0.25, 0.3) is 0 Å². The summed E-state index contributed by atoms with van der Waals surface area (Å²) in [5.74, 6) is 3.28. The Kier molecular flexibility index (Phi) is 6.18. The van der Waals surface area contributed by atoms with Crippen molar-refractivity contribution < 1.29 is 4.74 Å². The molecule has 3 heteroatoms. The predicted octanol–water partition coefficient (Wildman–Crippen LogP) is 6.08. The minimum atomic E-state index is 0.491. The van der Waals surface area contributed by atoms with Gasteiger partial charge in [0.1, 0.15) is 11.5 Å². The maximum atomic E-state index is 6.22. The molecule has 0 N–H and O–H groups in total. The molecule has 138 valence electrons. The van der Waals surface area contributed by atoms with Gasteiger partial charge in [0.15, 0.2) is 0 Å². The number of ether oxygens (including phenoxy) is 1. The Labute approximate surface area is 161 Å². The first-order valence-electron chi connectivity index (χ1n) is 10.1. The zero-order valence-corrected chi connectivity index (χ0v) is 16.3. The second-order valence-electron chi connectivity index (χ2n) is 7.42. The van der Waals surface area contributed by atoms with Gasteiger partial charge in [-0.3, -0.25) is 0 Å². The van der Waals surface area contributed by atoms with Crippen LogP contribution in [0.4, 0.5) is 0 Å². The summed E-state index contributed by atoms with van der Waals surface area (Å²) in [6.07, 6.45) is 7.91. The van der Waals surface area contributed by atoms with Crippen LogP contribution < -0.4 is 4.74 Å². The van der Waals surface area contributed by atoms with E-state index in [2.05, 4.69) is 65.2 Å². The molecule has 2 aliphatic rings. The van der Waals surface area contributed by atoms with E-state index in [0.717, 1.165) is 17.9 Å². The molecule has 0 aliphatic carbocycles. The molecule has 1 saturated heterocycles. The van der Waals surface area contributed by atoms with Crippen molar-refractivity contribution in [1.29, 1.82) is 0 Å². The van der Waals surface area contributed by atoms with Crippen LogP contribution >= 0.6 is 11.8 Å². The van der Waals surface area contributed by atoms with Crippen molar-refractivity contribution in [2.45, 2.75) is 43.8 Å². The molecule has 1 atom stereocenters. The zero-order chi connectivity index (χ0) is 17.6. The molecule has 1 fully saturated rings. The topological polar surface area (TPSA) is 12.5 Å². The number of unbranched alkanes of at least 4 members (excludes halogenated alkanes) is 1. The first kappa shape index (κ1) is 17.9. The average Bonchev–Trinajstić information content (AvgIpc) is 2.85. The Morgan fingerprint density at radius 1 is 0.885 bits per heavy atom. The van der Waals surface area contributed by atoms with Gasteiger partial charge >= 0.3 is 0 Å². The Balaban J connectivity index is 1.34. The van der Waals surface area contributed by atoms with Crippen LogP contribution in [0, 0.1) is 0 Å². The predicted molar refractivity (Wildman–Crippen MR) is 111 cm³/mol. The molecule has 2 aliphatic heterocycles. The van der Waals surface area contributed by atoms with Crippen LogP contribution in [0.3, 0.4) is 0 Å². The van der Waals surface area contributed by atoms with E-state index in [1.807, 2.05) is 0 Å². The molecule has 0 aromatic heterocycles. The van der Waals surface area contributed by atoms with Crippen molar-refractivity contribution in [2.75, 3.05) is 25.4 Å². The molecule has 2 aromatic rings. The third-order valence-electron chi connectivity index (χ3n) is 5.50. The second-order valence-corrected chi connectivity index (χ2v) is 8.73. The van der Waals surface area contributed by atoms with Crippen molar-refractivity contribution in [3.8, 4) is 11.5 Å². The highest BCUT2D eigenvalue weighted by Crippen LogP contribution is 2.44. The number of likely N-dealkylation sites (tertiary alicyclic amines) is 1. The largest absolute Gasteiger partial charge is 0.457 e. The Morgan fingerprint density at radius 2 is 1.65 bits per heavy atom. The second kappa shape index (κ2) is 8.96. The SMILES string of the molecule is c1ccc2c(c1)CC(SCCCCN1CCCCC1)c1ccccc1O2. The van der Waals surface area contributed by atoms with Crippen molar-refractivity contribution in [3.63, 3.8) is 0 Å². The van der Waals surface area contributed by atoms with E-state index in [4.69, 9.17) is 4.74 Å². The van der Waals surface area contributed by atoms with Gasteiger partial charge in [-0.15, -0.1) is 0 Å². The van der Waals surface area contributed by atoms with Gasteiger partial charge in [-0.05, 0) is 75.2 Å². The van der Waals surface area contributed by atoms with Crippen molar-refractivity contribution >= 4 is 11.8 Å². The van der Waals surface area contributed by atoms with Gasteiger partial charge in [0.25, 0.3) is 0 Å². The number of thioether (sulfide) groups is 1. The molecule has 26 heavy (non-hydrogen) atoms. The molecule has 0 spiro atoms. The molecule has 0 radical (unpaired) electrons. The molecule has 0 amide bonds. The third kappa shape index (κ3) is 4.44. The maximum absolute atomic E-state index is 6.22. The van der Waals surface area contributed by atoms with E-state index in [1.54, 1.807) is 0 Å². The number of para-hydroxylation sites is 2. The van der Waals surface area contributed by atoms with Gasteiger partial charge in [-0.2, -0.15) is 11.8 Å². The fourth-order valence-corrected chi connectivity index (χ4v) is 5.36. The van der Waals surface area contributed by atoms with Crippen LogP contribution in [-0.4, -0.2) is 30.3 Å². The van der Waals surface area contributed by atoms with Gasteiger partial charge in [-0.25, -0.2) is 0 Å². The van der Waals surface area contributed by atoms with Crippen LogP contribution in [0.2, 0.25) is 0 Å². The first-order chi connectivity index (χ1) is 12.9. The lowest BCUT2D eigenvalue weighted by Crippen LogP contribution is -2.30. The average molecular weight is 368 g/mol. The summed E-state index contributed by atoms with van der Waals surface area (Å²) in [6.45, 7) is 3.92. The minimum Gasteiger partial charge on any atom is -0.457 e. The van der Waals surface area contributed by atoms with Gasteiger partial charge < -0.3 is 9.64 Å². The third-order valence-corrected chi connectivity index (χ3v) is 6.85. The highest BCUT2D eigenvalue weighted by molar-refractivity contribution is 7.99.